The molecule has 0 aliphatic carbocycles. The molecule has 1 amide bonds. The molecule has 1 fully saturated rings. The normalized spacial score (nSPS) is 23.0. The summed E-state index contributed by atoms with van der Waals surface area (Å²) in [6.45, 7) is 0. The molecule has 2 heterocycles. The Bertz CT molecular complexity index is 494. The van der Waals surface area contributed by atoms with Gasteiger partial charge in [-0.2, -0.15) is 11.8 Å². The summed E-state index contributed by atoms with van der Waals surface area (Å²) in [7, 11) is 1.69. The van der Waals surface area contributed by atoms with Crippen molar-refractivity contribution >= 4 is 35.2 Å². The van der Waals surface area contributed by atoms with Crippen molar-refractivity contribution < 1.29 is 14.7 Å². The van der Waals surface area contributed by atoms with Gasteiger partial charge in [0.2, 0.25) is 0 Å². The van der Waals surface area contributed by atoms with Crippen molar-refractivity contribution in [3.63, 3.8) is 0 Å². The molecule has 1 saturated heterocycles. The highest BCUT2D eigenvalue weighted by molar-refractivity contribution is 7.99. The van der Waals surface area contributed by atoms with Crippen molar-refractivity contribution in [2.24, 2.45) is 7.05 Å². The van der Waals surface area contributed by atoms with Crippen LogP contribution in [0.1, 0.15) is 16.9 Å². The van der Waals surface area contributed by atoms with Crippen LogP contribution in [0.25, 0.3) is 0 Å². The Hall–Kier alpha value is -1.14. The van der Waals surface area contributed by atoms with E-state index in [0.29, 0.717) is 22.9 Å². The smallest absolute Gasteiger partial charge is 0.330 e. The third-order valence-corrected chi connectivity index (χ3v) is 4.38. The summed E-state index contributed by atoms with van der Waals surface area (Å²) in [4.78, 5) is 23.4. The van der Waals surface area contributed by atoms with Crippen molar-refractivity contribution in [1.29, 1.82) is 0 Å². The molecule has 0 saturated carbocycles. The van der Waals surface area contributed by atoms with E-state index in [1.54, 1.807) is 17.8 Å². The molecule has 0 aromatic carbocycles. The minimum atomic E-state index is -1.15. The number of nitrogens with zero attached hydrogens (tertiary/aromatic N) is 1. The van der Waals surface area contributed by atoms with Crippen LogP contribution in [0.15, 0.2) is 12.3 Å². The molecule has 18 heavy (non-hydrogen) atoms. The second-order valence-electron chi connectivity index (χ2n) is 4.30. The lowest BCUT2D eigenvalue weighted by Gasteiger charge is -2.24. The van der Waals surface area contributed by atoms with Crippen LogP contribution in [0.5, 0.6) is 0 Å². The molecule has 1 aromatic heterocycles. The molecule has 5 nitrogen and oxygen atoms in total. The van der Waals surface area contributed by atoms with Crippen LogP contribution in [-0.4, -0.2) is 38.6 Å². The van der Waals surface area contributed by atoms with E-state index < -0.39 is 17.4 Å². The van der Waals surface area contributed by atoms with Gasteiger partial charge in [0.15, 0.2) is 0 Å². The monoisotopic (exact) mass is 288 g/mol. The summed E-state index contributed by atoms with van der Waals surface area (Å²) in [6, 6.07) is 1.52. The van der Waals surface area contributed by atoms with Crippen molar-refractivity contribution in [1.82, 2.24) is 9.88 Å². The first-order valence-corrected chi connectivity index (χ1v) is 6.93. The number of aliphatic carboxylic acids is 1. The number of carbonyl (C=O) groups excluding carboxylic acids is 1. The average Bonchev–Trinajstić information content (AvgIpc) is 2.86. The number of aromatic nitrogens is 1. The molecule has 1 atom stereocenters. The second-order valence-corrected chi connectivity index (χ2v) is 5.84. The van der Waals surface area contributed by atoms with Crippen LogP contribution < -0.4 is 5.32 Å². The Balaban J connectivity index is 2.20. The number of hydrogen-bond donors (Lipinski definition) is 2. The zero-order valence-electron chi connectivity index (χ0n) is 9.77. The highest BCUT2D eigenvalue weighted by atomic mass is 35.5. The Labute approximate surface area is 113 Å². The summed E-state index contributed by atoms with van der Waals surface area (Å²) in [5.74, 6) is -0.261. The maximum Gasteiger partial charge on any atom is 0.330 e. The first kappa shape index (κ1) is 13.3. The summed E-state index contributed by atoms with van der Waals surface area (Å²) in [5.41, 5.74) is -0.795. The summed E-state index contributed by atoms with van der Waals surface area (Å²) in [6.07, 6.45) is 2.05. The van der Waals surface area contributed by atoms with Crippen LogP contribution in [0.2, 0.25) is 5.02 Å². The lowest BCUT2D eigenvalue weighted by Crippen LogP contribution is -2.55. The Morgan fingerprint density at radius 2 is 2.33 bits per heavy atom. The van der Waals surface area contributed by atoms with Crippen LogP contribution in [0, 0.1) is 0 Å². The molecule has 0 spiro atoms. The fraction of sp³-hybridized carbons (Fsp3) is 0.455. The van der Waals surface area contributed by atoms with Gasteiger partial charge in [0.25, 0.3) is 5.91 Å². The molecule has 1 aliphatic rings. The molecule has 7 heteroatoms. The highest BCUT2D eigenvalue weighted by Crippen LogP contribution is 2.28. The van der Waals surface area contributed by atoms with Crippen molar-refractivity contribution in [3.05, 3.63) is 23.0 Å². The predicted molar refractivity (Wildman–Crippen MR) is 70.2 cm³/mol. The number of aryl methyl sites for hydroxylation is 1. The zero-order chi connectivity index (χ0) is 13.3. The van der Waals surface area contributed by atoms with Crippen molar-refractivity contribution in [2.75, 3.05) is 11.5 Å². The topological polar surface area (TPSA) is 71.3 Å². The number of carbonyl (C=O) groups is 2. The van der Waals surface area contributed by atoms with Gasteiger partial charge in [0, 0.05) is 19.0 Å². The Kier molecular flexibility index (Phi) is 3.59. The predicted octanol–water partition coefficient (Wildman–Crippen LogP) is 1.37. The highest BCUT2D eigenvalue weighted by Gasteiger charge is 2.43. The standard InChI is InChI=1S/C11H13ClN2O3S/c1-14-5-7(12)4-8(14)9(15)13-11(10(16)17)2-3-18-6-11/h4-5H,2-3,6H2,1H3,(H,13,15)(H,16,17). The first-order valence-electron chi connectivity index (χ1n) is 5.40. The lowest BCUT2D eigenvalue weighted by molar-refractivity contribution is -0.143. The van der Waals surface area contributed by atoms with E-state index in [1.807, 2.05) is 0 Å². The zero-order valence-corrected chi connectivity index (χ0v) is 11.3. The van der Waals surface area contributed by atoms with E-state index in [2.05, 4.69) is 5.32 Å². The van der Waals surface area contributed by atoms with Gasteiger partial charge in [-0.25, -0.2) is 4.79 Å². The van der Waals surface area contributed by atoms with Crippen molar-refractivity contribution in [3.8, 4) is 0 Å². The number of halogens is 1. The average molecular weight is 289 g/mol. The molecule has 0 radical (unpaired) electrons. The van der Waals surface area contributed by atoms with E-state index >= 15 is 0 Å². The van der Waals surface area contributed by atoms with E-state index in [-0.39, 0.29) is 0 Å². The molecule has 0 bridgehead atoms. The molecule has 98 valence electrons. The third kappa shape index (κ3) is 2.35. The molecule has 2 N–H and O–H groups in total. The number of amides is 1. The number of thioether (sulfide) groups is 1. The van der Waals surface area contributed by atoms with Crippen LogP contribution in [0.4, 0.5) is 0 Å². The lowest BCUT2D eigenvalue weighted by atomic mass is 9.99. The van der Waals surface area contributed by atoms with Gasteiger partial charge in [0.1, 0.15) is 11.2 Å². The van der Waals surface area contributed by atoms with E-state index in [1.165, 1.54) is 17.8 Å². The second kappa shape index (κ2) is 4.85. The summed E-state index contributed by atoms with van der Waals surface area (Å²) >= 11 is 7.33. The molecule has 2 rings (SSSR count). The fourth-order valence-electron chi connectivity index (χ4n) is 1.92. The largest absolute Gasteiger partial charge is 0.479 e. The molecule has 1 unspecified atom stereocenters. The van der Waals surface area contributed by atoms with Gasteiger partial charge in [0.05, 0.1) is 5.02 Å². The number of carboxylic acid groups (broad SMARTS) is 1. The van der Waals surface area contributed by atoms with Crippen LogP contribution in [-0.2, 0) is 11.8 Å². The maximum atomic E-state index is 12.1. The summed E-state index contributed by atoms with van der Waals surface area (Å²) in [5, 5.41) is 12.3. The maximum absolute atomic E-state index is 12.1. The molecular formula is C11H13ClN2O3S. The quantitative estimate of drug-likeness (QED) is 0.881. The molecule has 1 aromatic rings. The number of hydrogen-bond acceptors (Lipinski definition) is 3. The fourth-order valence-corrected chi connectivity index (χ4v) is 3.49. The van der Waals surface area contributed by atoms with E-state index in [4.69, 9.17) is 11.6 Å². The van der Waals surface area contributed by atoms with Gasteiger partial charge in [-0.3, -0.25) is 4.79 Å². The van der Waals surface area contributed by atoms with Gasteiger partial charge >= 0.3 is 5.97 Å². The van der Waals surface area contributed by atoms with Gasteiger partial charge < -0.3 is 15.0 Å². The Morgan fingerprint density at radius 1 is 1.61 bits per heavy atom. The van der Waals surface area contributed by atoms with Gasteiger partial charge in [-0.15, -0.1) is 0 Å². The minimum absolute atomic E-state index is 0.359. The summed E-state index contributed by atoms with van der Waals surface area (Å²) < 4.78 is 1.58. The number of carboxylic acids is 1. The number of rotatable bonds is 3. The Morgan fingerprint density at radius 3 is 2.78 bits per heavy atom. The third-order valence-electron chi connectivity index (χ3n) is 2.99. The minimum Gasteiger partial charge on any atom is -0.479 e. The SMILES string of the molecule is Cn1cc(Cl)cc1C(=O)NC1(C(=O)O)CCSC1. The van der Waals surface area contributed by atoms with Crippen LogP contribution >= 0.6 is 23.4 Å². The van der Waals surface area contributed by atoms with E-state index in [0.717, 1.165) is 5.75 Å². The van der Waals surface area contributed by atoms with Gasteiger partial charge in [-0.1, -0.05) is 11.6 Å². The van der Waals surface area contributed by atoms with E-state index in [9.17, 15) is 14.7 Å². The first-order chi connectivity index (χ1) is 8.44. The number of nitrogens with one attached hydrogen (secondary N) is 1. The van der Waals surface area contributed by atoms with Crippen molar-refractivity contribution in [2.45, 2.75) is 12.0 Å². The molecular weight excluding hydrogens is 276 g/mol. The van der Waals surface area contributed by atoms with Gasteiger partial charge in [-0.05, 0) is 18.2 Å². The van der Waals surface area contributed by atoms with Crippen LogP contribution in [0.3, 0.4) is 0 Å². The molecule has 1 aliphatic heterocycles.